The molecule has 0 radical (unpaired) electrons. The Balaban J connectivity index is 1.61. The fourth-order valence-corrected chi connectivity index (χ4v) is 3.71. The minimum absolute atomic E-state index is 0.0661. The van der Waals surface area contributed by atoms with Crippen molar-refractivity contribution < 1.29 is 23.5 Å². The first-order valence-corrected chi connectivity index (χ1v) is 9.64. The van der Waals surface area contributed by atoms with Gasteiger partial charge < -0.3 is 14.0 Å². The molecule has 28 heavy (non-hydrogen) atoms. The maximum atomic E-state index is 13.8. The molecule has 1 fully saturated rings. The van der Waals surface area contributed by atoms with E-state index in [1.54, 1.807) is 6.07 Å². The van der Waals surface area contributed by atoms with Crippen LogP contribution >= 0.6 is 11.6 Å². The summed E-state index contributed by atoms with van der Waals surface area (Å²) < 4.78 is 26.6. The van der Waals surface area contributed by atoms with E-state index in [9.17, 15) is 14.0 Å². The molecule has 0 aliphatic carbocycles. The molecule has 2 aromatic rings. The van der Waals surface area contributed by atoms with Crippen LogP contribution < -0.4 is 0 Å². The second kappa shape index (κ2) is 8.88. The van der Waals surface area contributed by atoms with Crippen LogP contribution in [-0.4, -0.2) is 35.6 Å². The normalized spacial score (nSPS) is 16.4. The summed E-state index contributed by atoms with van der Waals surface area (Å²) in [4.78, 5) is 24.6. The Morgan fingerprint density at radius 1 is 1.36 bits per heavy atom. The van der Waals surface area contributed by atoms with E-state index < -0.39 is 18.4 Å². The highest BCUT2D eigenvalue weighted by Gasteiger charge is 2.22. The summed E-state index contributed by atoms with van der Waals surface area (Å²) in [7, 11) is 0. The van der Waals surface area contributed by atoms with Gasteiger partial charge in [0, 0.05) is 40.7 Å². The number of nitrogens with zero attached hydrogens (tertiary/aromatic N) is 1. The highest BCUT2D eigenvalue weighted by atomic mass is 35.5. The number of aryl methyl sites for hydroxylation is 1. The van der Waals surface area contributed by atoms with E-state index >= 15 is 0 Å². The van der Waals surface area contributed by atoms with Gasteiger partial charge in [-0.1, -0.05) is 17.7 Å². The van der Waals surface area contributed by atoms with E-state index in [2.05, 4.69) is 4.57 Å². The van der Waals surface area contributed by atoms with Crippen LogP contribution in [0.4, 0.5) is 4.39 Å². The monoisotopic (exact) mass is 407 g/mol. The fraction of sp³-hybridized carbons (Fsp3) is 0.429. The molecule has 1 aliphatic rings. The third kappa shape index (κ3) is 4.62. The number of halogens is 2. The van der Waals surface area contributed by atoms with Crippen LogP contribution in [0.2, 0.25) is 5.02 Å². The lowest BCUT2D eigenvalue weighted by Crippen LogP contribution is -2.19. The average molecular weight is 408 g/mol. The Morgan fingerprint density at radius 3 is 2.82 bits per heavy atom. The maximum absolute atomic E-state index is 13.8. The maximum Gasteiger partial charge on any atom is 0.310 e. The molecule has 1 aromatic heterocycles. The molecule has 3 rings (SSSR count). The Bertz CT molecular complexity index is 867. The minimum Gasteiger partial charge on any atom is -0.457 e. The number of aromatic nitrogens is 1. The smallest absolute Gasteiger partial charge is 0.310 e. The van der Waals surface area contributed by atoms with Crippen molar-refractivity contribution >= 4 is 23.4 Å². The fourth-order valence-electron chi connectivity index (χ4n) is 3.48. The number of ether oxygens (including phenoxy) is 2. The summed E-state index contributed by atoms with van der Waals surface area (Å²) in [6.07, 6.45) is 1.90. The van der Waals surface area contributed by atoms with Crippen molar-refractivity contribution in [1.29, 1.82) is 0 Å². The van der Waals surface area contributed by atoms with E-state index in [1.165, 1.54) is 18.2 Å². The highest BCUT2D eigenvalue weighted by molar-refractivity contribution is 6.31. The van der Waals surface area contributed by atoms with Gasteiger partial charge in [-0.15, -0.1) is 0 Å². The SMILES string of the molecule is Cc1cc(C(=O)COC(=O)Cc2c(F)cccc2Cl)c(C)n1C[C@H]1CCCO1. The molecule has 1 aliphatic heterocycles. The van der Waals surface area contributed by atoms with Gasteiger partial charge in [0.15, 0.2) is 6.61 Å². The molecule has 5 nitrogen and oxygen atoms in total. The summed E-state index contributed by atoms with van der Waals surface area (Å²) in [5, 5.41) is 0.154. The zero-order valence-electron chi connectivity index (χ0n) is 16.0. The van der Waals surface area contributed by atoms with Gasteiger partial charge in [-0.25, -0.2) is 4.39 Å². The number of carbonyl (C=O) groups excluding carboxylic acids is 2. The van der Waals surface area contributed by atoms with Gasteiger partial charge in [0.05, 0.1) is 12.5 Å². The van der Waals surface area contributed by atoms with Crippen molar-refractivity contribution in [2.45, 2.75) is 45.8 Å². The Labute approximate surface area is 168 Å². The molecule has 0 amide bonds. The number of rotatable bonds is 7. The van der Waals surface area contributed by atoms with Crippen LogP contribution in [0.1, 0.15) is 40.2 Å². The number of esters is 1. The van der Waals surface area contributed by atoms with Gasteiger partial charge in [-0.05, 0) is 44.9 Å². The minimum atomic E-state index is -0.700. The Kier molecular flexibility index (Phi) is 6.52. The quantitative estimate of drug-likeness (QED) is 0.513. The summed E-state index contributed by atoms with van der Waals surface area (Å²) in [5.74, 6) is -1.57. The molecule has 0 saturated carbocycles. The molecule has 1 saturated heterocycles. The number of benzene rings is 1. The van der Waals surface area contributed by atoms with Crippen molar-refractivity contribution in [2.24, 2.45) is 0 Å². The van der Waals surface area contributed by atoms with Crippen LogP contribution in [0.15, 0.2) is 24.3 Å². The number of ketones is 1. The van der Waals surface area contributed by atoms with Crippen LogP contribution in [0, 0.1) is 19.7 Å². The molecule has 2 heterocycles. The number of hydrogen-bond donors (Lipinski definition) is 0. The summed E-state index contributed by atoms with van der Waals surface area (Å²) in [6.45, 7) is 4.89. The van der Waals surface area contributed by atoms with Crippen molar-refractivity contribution in [1.82, 2.24) is 4.57 Å². The lowest BCUT2D eigenvalue weighted by atomic mass is 10.1. The van der Waals surface area contributed by atoms with E-state index in [4.69, 9.17) is 21.1 Å². The lowest BCUT2D eigenvalue weighted by Gasteiger charge is -2.14. The Morgan fingerprint density at radius 2 is 2.14 bits per heavy atom. The predicted molar refractivity (Wildman–Crippen MR) is 103 cm³/mol. The molecule has 1 aromatic carbocycles. The number of carbonyl (C=O) groups is 2. The third-order valence-corrected chi connectivity index (χ3v) is 5.39. The molecular weight excluding hydrogens is 385 g/mol. The molecule has 150 valence electrons. The van der Waals surface area contributed by atoms with Crippen LogP contribution in [-0.2, 0) is 27.2 Å². The third-order valence-electron chi connectivity index (χ3n) is 5.03. The van der Waals surface area contributed by atoms with Crippen LogP contribution in [0.3, 0.4) is 0 Å². The van der Waals surface area contributed by atoms with E-state index in [1.807, 2.05) is 13.8 Å². The van der Waals surface area contributed by atoms with Gasteiger partial charge >= 0.3 is 5.97 Å². The van der Waals surface area contributed by atoms with E-state index in [0.29, 0.717) is 12.1 Å². The lowest BCUT2D eigenvalue weighted by molar-refractivity contribution is -0.141. The van der Waals surface area contributed by atoms with Gasteiger partial charge in [-0.3, -0.25) is 9.59 Å². The summed E-state index contributed by atoms with van der Waals surface area (Å²) in [6, 6.07) is 5.99. The van der Waals surface area contributed by atoms with Crippen molar-refractivity contribution in [3.8, 4) is 0 Å². The Hall–Kier alpha value is -2.18. The van der Waals surface area contributed by atoms with E-state index in [-0.39, 0.29) is 28.9 Å². The largest absolute Gasteiger partial charge is 0.457 e. The predicted octanol–water partition coefficient (Wildman–Crippen LogP) is 4.05. The van der Waals surface area contributed by atoms with Gasteiger partial charge in [0.1, 0.15) is 5.82 Å². The second-order valence-electron chi connectivity index (χ2n) is 6.99. The first kappa shape index (κ1) is 20.6. The molecule has 0 spiro atoms. The van der Waals surface area contributed by atoms with Crippen LogP contribution in [0.5, 0.6) is 0 Å². The molecule has 0 N–H and O–H groups in total. The highest BCUT2D eigenvalue weighted by Crippen LogP contribution is 2.22. The first-order chi connectivity index (χ1) is 13.4. The summed E-state index contributed by atoms with van der Waals surface area (Å²) >= 11 is 5.92. The van der Waals surface area contributed by atoms with Crippen molar-refractivity contribution in [3.63, 3.8) is 0 Å². The van der Waals surface area contributed by atoms with Crippen molar-refractivity contribution in [2.75, 3.05) is 13.2 Å². The van der Waals surface area contributed by atoms with Crippen molar-refractivity contribution in [3.05, 3.63) is 57.6 Å². The number of hydrogen-bond acceptors (Lipinski definition) is 4. The topological polar surface area (TPSA) is 57.5 Å². The molecule has 7 heteroatoms. The first-order valence-electron chi connectivity index (χ1n) is 9.27. The zero-order chi connectivity index (χ0) is 20.3. The average Bonchev–Trinajstić information content (AvgIpc) is 3.26. The number of Topliss-reactive ketones (excluding diaryl/α,β-unsaturated/α-hetero) is 1. The summed E-state index contributed by atoms with van der Waals surface area (Å²) in [5.41, 5.74) is 2.37. The molecule has 1 atom stereocenters. The van der Waals surface area contributed by atoms with Gasteiger partial charge in [0.25, 0.3) is 0 Å². The molecule has 0 bridgehead atoms. The van der Waals surface area contributed by atoms with E-state index in [0.717, 1.165) is 30.8 Å². The standard InChI is InChI=1S/C21H23ClFNO4/c1-13-9-16(14(2)24(13)11-15-5-4-8-27-15)20(25)12-28-21(26)10-17-18(22)6-3-7-19(17)23/h3,6-7,9,15H,4-5,8,10-12H2,1-2H3/t15-/m1/s1. The van der Waals surface area contributed by atoms with Gasteiger partial charge in [-0.2, -0.15) is 0 Å². The van der Waals surface area contributed by atoms with Crippen LogP contribution in [0.25, 0.3) is 0 Å². The molecule has 0 unspecified atom stereocenters. The molecular formula is C21H23ClFNO4. The zero-order valence-corrected chi connectivity index (χ0v) is 16.7. The second-order valence-corrected chi connectivity index (χ2v) is 7.40. The van der Waals surface area contributed by atoms with Gasteiger partial charge in [0.2, 0.25) is 5.78 Å².